The van der Waals surface area contributed by atoms with Gasteiger partial charge in [-0.15, -0.1) is 0 Å². The molecule has 1 aromatic rings. The van der Waals surface area contributed by atoms with Crippen LogP contribution in [-0.4, -0.2) is 53.2 Å². The lowest BCUT2D eigenvalue weighted by atomic mass is 9.55. The van der Waals surface area contributed by atoms with Gasteiger partial charge in [0.05, 0.1) is 12.7 Å². The molecular formula is C20H29NO3. The van der Waals surface area contributed by atoms with Crippen LogP contribution in [0.4, 0.5) is 0 Å². The molecule has 0 radical (unpaired) electrons. The number of aliphatic hydroxyl groups is 2. The molecule has 2 bridgehead atoms. The van der Waals surface area contributed by atoms with Crippen molar-refractivity contribution in [2.45, 2.75) is 39.2 Å². The minimum Gasteiger partial charge on any atom is -0.396 e. The number of nitrogens with zero attached hydrogens (tertiary/aromatic N) is 1. The fourth-order valence-electron chi connectivity index (χ4n) is 4.98. The molecule has 3 atom stereocenters. The van der Waals surface area contributed by atoms with Crippen molar-refractivity contribution in [2.75, 3.05) is 26.2 Å². The van der Waals surface area contributed by atoms with Crippen molar-refractivity contribution in [3.63, 3.8) is 0 Å². The Hall–Kier alpha value is -1.23. The number of ketones is 1. The average molecular weight is 331 g/mol. The molecule has 0 spiro atoms. The second-order valence-corrected chi connectivity index (χ2v) is 8.40. The van der Waals surface area contributed by atoms with Gasteiger partial charge < -0.3 is 15.1 Å². The van der Waals surface area contributed by atoms with Gasteiger partial charge in [0.1, 0.15) is 5.78 Å². The normalized spacial score (nSPS) is 33.9. The lowest BCUT2D eigenvalue weighted by molar-refractivity contribution is -0.186. The molecule has 2 aliphatic rings. The van der Waals surface area contributed by atoms with E-state index in [0.29, 0.717) is 31.8 Å². The predicted molar refractivity (Wildman–Crippen MR) is 93.6 cm³/mol. The zero-order valence-electron chi connectivity index (χ0n) is 14.7. The molecule has 2 fully saturated rings. The molecule has 4 heteroatoms. The second kappa shape index (κ2) is 6.58. The highest BCUT2D eigenvalue weighted by atomic mass is 16.3. The summed E-state index contributed by atoms with van der Waals surface area (Å²) in [5.41, 5.74) is -0.0615. The van der Waals surface area contributed by atoms with E-state index in [1.54, 1.807) is 0 Å². The van der Waals surface area contributed by atoms with Crippen LogP contribution >= 0.6 is 0 Å². The van der Waals surface area contributed by atoms with Gasteiger partial charge in [0.2, 0.25) is 0 Å². The van der Waals surface area contributed by atoms with Crippen molar-refractivity contribution in [3.05, 3.63) is 35.9 Å². The van der Waals surface area contributed by atoms with Gasteiger partial charge in [-0.3, -0.25) is 4.79 Å². The van der Waals surface area contributed by atoms with E-state index in [1.807, 2.05) is 18.2 Å². The Labute approximate surface area is 144 Å². The molecule has 1 saturated heterocycles. The molecule has 3 rings (SSSR count). The average Bonchev–Trinajstić information content (AvgIpc) is 2.51. The van der Waals surface area contributed by atoms with Crippen LogP contribution in [0.5, 0.6) is 0 Å². The largest absolute Gasteiger partial charge is 0.396 e. The van der Waals surface area contributed by atoms with E-state index in [-0.39, 0.29) is 18.8 Å². The molecule has 2 N–H and O–H groups in total. The highest BCUT2D eigenvalue weighted by molar-refractivity contribution is 5.81. The van der Waals surface area contributed by atoms with Crippen LogP contribution in [0.3, 0.4) is 0 Å². The van der Waals surface area contributed by atoms with Crippen molar-refractivity contribution in [3.8, 4) is 0 Å². The first-order valence-electron chi connectivity index (χ1n) is 8.96. The maximum absolute atomic E-state index is 12.5. The summed E-state index contributed by atoms with van der Waals surface area (Å²) in [6, 6.07) is 10.1. The van der Waals surface area contributed by atoms with Gasteiger partial charge in [-0.25, -0.2) is 0 Å². The maximum atomic E-state index is 12.5. The third-order valence-corrected chi connectivity index (χ3v) is 5.67. The van der Waals surface area contributed by atoms with E-state index in [1.165, 1.54) is 0 Å². The molecule has 3 unspecified atom stereocenters. The molecule has 0 aromatic heterocycles. The van der Waals surface area contributed by atoms with Crippen molar-refractivity contribution < 1.29 is 15.0 Å². The maximum Gasteiger partial charge on any atom is 0.134 e. The van der Waals surface area contributed by atoms with E-state index in [9.17, 15) is 15.0 Å². The Kier molecular flexibility index (Phi) is 4.82. The first kappa shape index (κ1) is 17.6. The molecule has 0 amide bonds. The summed E-state index contributed by atoms with van der Waals surface area (Å²) in [6.45, 7) is 6.48. The fourth-order valence-corrected chi connectivity index (χ4v) is 4.98. The van der Waals surface area contributed by atoms with Crippen LogP contribution in [0, 0.1) is 16.7 Å². The van der Waals surface area contributed by atoms with Gasteiger partial charge >= 0.3 is 0 Å². The molecule has 4 nitrogen and oxygen atoms in total. The number of aliphatic hydroxyl groups excluding tert-OH is 2. The van der Waals surface area contributed by atoms with E-state index < -0.39 is 16.9 Å². The molecule has 1 heterocycles. The van der Waals surface area contributed by atoms with Crippen molar-refractivity contribution >= 4 is 5.78 Å². The summed E-state index contributed by atoms with van der Waals surface area (Å²) in [5, 5.41) is 21.3. The number of rotatable bonds is 5. The van der Waals surface area contributed by atoms with Gasteiger partial charge in [0.25, 0.3) is 0 Å². The Morgan fingerprint density at radius 3 is 2.42 bits per heavy atom. The molecule has 1 aromatic carbocycles. The standard InChI is InChI=1S/C20H29NO3/c1-15(2)11-21-12-19(8-16-6-4-3-5-7-16)9-17(23)10-20(13-21,14-22)18(19)24/h3-7,15,18,22,24H,8-14H2,1-2H3. The third kappa shape index (κ3) is 3.15. The summed E-state index contributed by atoms with van der Waals surface area (Å²) in [4.78, 5) is 14.8. The minimum atomic E-state index is -0.711. The molecule has 24 heavy (non-hydrogen) atoms. The van der Waals surface area contributed by atoms with Gasteiger partial charge in [-0.05, 0) is 17.9 Å². The first-order chi connectivity index (χ1) is 11.4. The van der Waals surface area contributed by atoms with Gasteiger partial charge in [0, 0.05) is 43.3 Å². The molecular weight excluding hydrogens is 302 g/mol. The van der Waals surface area contributed by atoms with E-state index >= 15 is 0 Å². The number of carbonyl (C=O) groups excluding carboxylic acids is 1. The topological polar surface area (TPSA) is 60.8 Å². The lowest BCUT2D eigenvalue weighted by Crippen LogP contribution is -2.68. The Morgan fingerprint density at radius 2 is 1.79 bits per heavy atom. The van der Waals surface area contributed by atoms with E-state index in [4.69, 9.17) is 0 Å². The van der Waals surface area contributed by atoms with Crippen molar-refractivity contribution in [1.29, 1.82) is 0 Å². The smallest absolute Gasteiger partial charge is 0.134 e. The number of piperidine rings is 1. The van der Waals surface area contributed by atoms with E-state index in [2.05, 4.69) is 30.9 Å². The number of hydrogen-bond acceptors (Lipinski definition) is 4. The number of Topliss-reactive ketones (excluding diaryl/α,β-unsaturated/α-hetero) is 1. The predicted octanol–water partition coefficient (Wildman–Crippen LogP) is 1.89. The zero-order chi connectivity index (χ0) is 17.4. The monoisotopic (exact) mass is 331 g/mol. The molecule has 132 valence electrons. The summed E-state index contributed by atoms with van der Waals surface area (Å²) >= 11 is 0. The van der Waals surface area contributed by atoms with E-state index in [0.717, 1.165) is 12.1 Å². The number of benzene rings is 1. The van der Waals surface area contributed by atoms with Gasteiger partial charge in [0.15, 0.2) is 0 Å². The SMILES string of the molecule is CC(C)CN1CC2(CO)CC(=O)CC(Cc3ccccc3)(C1)C2O. The minimum absolute atomic E-state index is 0.134. The highest BCUT2D eigenvalue weighted by Crippen LogP contribution is 2.51. The Morgan fingerprint density at radius 1 is 1.17 bits per heavy atom. The third-order valence-electron chi connectivity index (χ3n) is 5.67. The van der Waals surface area contributed by atoms with Crippen LogP contribution in [-0.2, 0) is 11.2 Å². The summed E-state index contributed by atoms with van der Waals surface area (Å²) in [6.07, 6.45) is 0.725. The molecule has 1 saturated carbocycles. The molecule has 1 aliphatic heterocycles. The summed E-state index contributed by atoms with van der Waals surface area (Å²) in [7, 11) is 0. The Bertz CT molecular complexity index is 588. The van der Waals surface area contributed by atoms with Crippen LogP contribution in [0.2, 0.25) is 0 Å². The second-order valence-electron chi connectivity index (χ2n) is 8.40. The van der Waals surface area contributed by atoms with Gasteiger partial charge in [-0.2, -0.15) is 0 Å². The zero-order valence-corrected chi connectivity index (χ0v) is 14.7. The molecule has 1 aliphatic carbocycles. The van der Waals surface area contributed by atoms with Crippen LogP contribution in [0.15, 0.2) is 30.3 Å². The summed E-state index contributed by atoms with van der Waals surface area (Å²) in [5.74, 6) is 0.690. The fraction of sp³-hybridized carbons (Fsp3) is 0.650. The Balaban J connectivity index is 1.96. The van der Waals surface area contributed by atoms with Crippen LogP contribution in [0.25, 0.3) is 0 Å². The van der Waals surface area contributed by atoms with Crippen LogP contribution < -0.4 is 0 Å². The van der Waals surface area contributed by atoms with Crippen molar-refractivity contribution in [1.82, 2.24) is 4.90 Å². The summed E-state index contributed by atoms with van der Waals surface area (Å²) < 4.78 is 0. The number of hydrogen-bond donors (Lipinski definition) is 2. The lowest BCUT2D eigenvalue weighted by Gasteiger charge is -2.58. The van der Waals surface area contributed by atoms with Crippen LogP contribution in [0.1, 0.15) is 32.3 Å². The number of carbonyl (C=O) groups is 1. The van der Waals surface area contributed by atoms with Gasteiger partial charge in [-0.1, -0.05) is 44.2 Å². The number of likely N-dealkylation sites (tertiary alicyclic amines) is 1. The highest BCUT2D eigenvalue weighted by Gasteiger charge is 2.59. The van der Waals surface area contributed by atoms with Crippen molar-refractivity contribution in [2.24, 2.45) is 16.7 Å². The number of fused-ring (bicyclic) bond motifs is 2. The first-order valence-corrected chi connectivity index (χ1v) is 8.96. The quantitative estimate of drug-likeness (QED) is 0.865.